The molecule has 0 aromatic heterocycles. The van der Waals surface area contributed by atoms with Crippen molar-refractivity contribution in [3.05, 3.63) is 71.3 Å². The van der Waals surface area contributed by atoms with E-state index in [0.29, 0.717) is 6.54 Å². The van der Waals surface area contributed by atoms with Gasteiger partial charge in [0.2, 0.25) is 0 Å². The molecule has 0 saturated carbocycles. The summed E-state index contributed by atoms with van der Waals surface area (Å²) in [6.07, 6.45) is -0.338. The Bertz CT molecular complexity index is 611. The van der Waals surface area contributed by atoms with Crippen LogP contribution in [0.15, 0.2) is 54.6 Å². The van der Waals surface area contributed by atoms with Gasteiger partial charge in [-0.15, -0.1) is 0 Å². The summed E-state index contributed by atoms with van der Waals surface area (Å²) in [7, 11) is 1.73. The zero-order chi connectivity index (χ0) is 15.9. The van der Waals surface area contributed by atoms with Crippen LogP contribution in [0.5, 0.6) is 0 Å². The maximum absolute atomic E-state index is 12.0. The number of carbonyl (C=O) groups excluding carboxylic acids is 1. The maximum atomic E-state index is 12.0. The van der Waals surface area contributed by atoms with Crippen LogP contribution in [-0.2, 0) is 17.9 Å². The van der Waals surface area contributed by atoms with Gasteiger partial charge in [0.25, 0.3) is 0 Å². The molecule has 0 aliphatic rings. The number of nitrogens with zero attached hydrogens (tertiary/aromatic N) is 1. The lowest BCUT2D eigenvalue weighted by Gasteiger charge is -2.18. The molecular formula is C18H22N2O2. The number of hydrogen-bond donors (Lipinski definition) is 1. The van der Waals surface area contributed by atoms with Gasteiger partial charge < -0.3 is 15.4 Å². The van der Waals surface area contributed by atoms with E-state index in [1.807, 2.05) is 61.5 Å². The Labute approximate surface area is 131 Å². The molecule has 0 heterocycles. The van der Waals surface area contributed by atoms with Crippen molar-refractivity contribution < 1.29 is 9.53 Å². The molecule has 0 spiro atoms. The summed E-state index contributed by atoms with van der Waals surface area (Å²) in [5.41, 5.74) is 8.95. The van der Waals surface area contributed by atoms with E-state index < -0.39 is 0 Å². The van der Waals surface area contributed by atoms with E-state index in [2.05, 4.69) is 0 Å². The van der Waals surface area contributed by atoms with Gasteiger partial charge >= 0.3 is 6.09 Å². The smallest absolute Gasteiger partial charge is 0.410 e. The minimum atomic E-state index is -0.338. The SMILES string of the molecule is CC(N)c1cccc(CN(C)C(=O)OCc2ccccc2)c1. The van der Waals surface area contributed by atoms with Gasteiger partial charge in [0.15, 0.2) is 0 Å². The Hall–Kier alpha value is -2.33. The molecule has 0 fully saturated rings. The summed E-state index contributed by atoms with van der Waals surface area (Å²) < 4.78 is 5.30. The second-order valence-electron chi connectivity index (χ2n) is 5.43. The van der Waals surface area contributed by atoms with Crippen LogP contribution in [0.25, 0.3) is 0 Å². The molecule has 116 valence electrons. The number of ether oxygens (including phenoxy) is 1. The molecule has 1 atom stereocenters. The molecule has 4 nitrogen and oxygen atoms in total. The van der Waals surface area contributed by atoms with Crippen LogP contribution in [0.4, 0.5) is 4.79 Å². The van der Waals surface area contributed by atoms with Crippen molar-refractivity contribution in [2.24, 2.45) is 5.73 Å². The monoisotopic (exact) mass is 298 g/mol. The molecule has 0 saturated heterocycles. The van der Waals surface area contributed by atoms with E-state index in [-0.39, 0.29) is 18.7 Å². The number of carbonyl (C=O) groups is 1. The Morgan fingerprint density at radius 2 is 1.82 bits per heavy atom. The topological polar surface area (TPSA) is 55.6 Å². The van der Waals surface area contributed by atoms with Crippen molar-refractivity contribution >= 4 is 6.09 Å². The van der Waals surface area contributed by atoms with Gasteiger partial charge in [-0.3, -0.25) is 0 Å². The van der Waals surface area contributed by atoms with Crippen LogP contribution in [0.1, 0.15) is 29.7 Å². The quantitative estimate of drug-likeness (QED) is 0.919. The molecule has 2 aromatic carbocycles. The van der Waals surface area contributed by atoms with Crippen LogP contribution < -0.4 is 5.73 Å². The normalized spacial score (nSPS) is 11.8. The van der Waals surface area contributed by atoms with Crippen LogP contribution in [0.2, 0.25) is 0 Å². The van der Waals surface area contributed by atoms with E-state index in [1.165, 1.54) is 0 Å². The van der Waals surface area contributed by atoms with E-state index in [1.54, 1.807) is 11.9 Å². The van der Waals surface area contributed by atoms with Crippen molar-refractivity contribution in [3.63, 3.8) is 0 Å². The lowest BCUT2D eigenvalue weighted by Crippen LogP contribution is -2.27. The van der Waals surface area contributed by atoms with Gasteiger partial charge in [0, 0.05) is 19.6 Å². The third-order valence-electron chi connectivity index (χ3n) is 3.41. The summed E-state index contributed by atoms with van der Waals surface area (Å²) >= 11 is 0. The van der Waals surface area contributed by atoms with Gasteiger partial charge in [-0.1, -0.05) is 54.6 Å². The summed E-state index contributed by atoms with van der Waals surface area (Å²) in [6, 6.07) is 17.6. The lowest BCUT2D eigenvalue weighted by atomic mass is 10.1. The van der Waals surface area contributed by atoms with Crippen LogP contribution in [-0.4, -0.2) is 18.0 Å². The second-order valence-corrected chi connectivity index (χ2v) is 5.43. The zero-order valence-corrected chi connectivity index (χ0v) is 13.0. The second kappa shape index (κ2) is 7.61. The highest BCUT2D eigenvalue weighted by atomic mass is 16.6. The van der Waals surface area contributed by atoms with Gasteiger partial charge in [-0.05, 0) is 23.6 Å². The number of nitrogens with two attached hydrogens (primary N) is 1. The average Bonchev–Trinajstić information content (AvgIpc) is 2.53. The molecule has 4 heteroatoms. The summed E-state index contributed by atoms with van der Waals surface area (Å²) in [4.78, 5) is 13.6. The fraction of sp³-hybridized carbons (Fsp3) is 0.278. The highest BCUT2D eigenvalue weighted by Gasteiger charge is 2.11. The molecule has 1 unspecified atom stereocenters. The van der Waals surface area contributed by atoms with Crippen molar-refractivity contribution in [2.75, 3.05) is 7.05 Å². The first-order chi connectivity index (χ1) is 10.6. The largest absolute Gasteiger partial charge is 0.445 e. The predicted molar refractivity (Wildman–Crippen MR) is 87.1 cm³/mol. The Balaban J connectivity index is 1.89. The van der Waals surface area contributed by atoms with Gasteiger partial charge in [-0.2, -0.15) is 0 Å². The van der Waals surface area contributed by atoms with E-state index >= 15 is 0 Å². The molecule has 2 rings (SSSR count). The van der Waals surface area contributed by atoms with Gasteiger partial charge in [0.05, 0.1) is 0 Å². The zero-order valence-electron chi connectivity index (χ0n) is 13.0. The van der Waals surface area contributed by atoms with E-state index in [9.17, 15) is 4.79 Å². The highest BCUT2D eigenvalue weighted by molar-refractivity contribution is 5.67. The summed E-state index contributed by atoms with van der Waals surface area (Å²) in [5.74, 6) is 0. The number of rotatable bonds is 5. The average molecular weight is 298 g/mol. The van der Waals surface area contributed by atoms with Crippen molar-refractivity contribution in [1.82, 2.24) is 4.90 Å². The van der Waals surface area contributed by atoms with E-state index in [0.717, 1.165) is 16.7 Å². The molecule has 0 radical (unpaired) electrons. The molecule has 22 heavy (non-hydrogen) atoms. The highest BCUT2D eigenvalue weighted by Crippen LogP contribution is 2.13. The Morgan fingerprint density at radius 3 is 2.50 bits per heavy atom. The molecule has 0 aliphatic heterocycles. The summed E-state index contributed by atoms with van der Waals surface area (Å²) in [5, 5.41) is 0. The molecule has 0 bridgehead atoms. The number of hydrogen-bond acceptors (Lipinski definition) is 3. The fourth-order valence-corrected chi connectivity index (χ4v) is 2.14. The van der Waals surface area contributed by atoms with E-state index in [4.69, 9.17) is 10.5 Å². The minimum absolute atomic E-state index is 0.0183. The summed E-state index contributed by atoms with van der Waals surface area (Å²) in [6.45, 7) is 2.72. The molecule has 0 aliphatic carbocycles. The standard InChI is InChI=1S/C18H22N2O2/c1-14(19)17-10-6-9-16(11-17)12-20(2)18(21)22-13-15-7-4-3-5-8-15/h3-11,14H,12-13,19H2,1-2H3. The minimum Gasteiger partial charge on any atom is -0.445 e. The third-order valence-corrected chi connectivity index (χ3v) is 3.41. The van der Waals surface area contributed by atoms with Crippen LogP contribution in [0, 0.1) is 0 Å². The van der Waals surface area contributed by atoms with Crippen LogP contribution >= 0.6 is 0 Å². The molecular weight excluding hydrogens is 276 g/mol. The third kappa shape index (κ3) is 4.60. The number of amides is 1. The Kier molecular flexibility index (Phi) is 5.55. The number of benzene rings is 2. The van der Waals surface area contributed by atoms with Crippen LogP contribution in [0.3, 0.4) is 0 Å². The van der Waals surface area contributed by atoms with Gasteiger partial charge in [-0.25, -0.2) is 4.79 Å². The molecule has 2 N–H and O–H groups in total. The predicted octanol–water partition coefficient (Wildman–Crippen LogP) is 3.47. The first-order valence-electron chi connectivity index (χ1n) is 7.32. The fourth-order valence-electron chi connectivity index (χ4n) is 2.14. The molecule has 1 amide bonds. The maximum Gasteiger partial charge on any atom is 0.410 e. The first-order valence-corrected chi connectivity index (χ1v) is 7.32. The Morgan fingerprint density at radius 1 is 1.14 bits per heavy atom. The van der Waals surface area contributed by atoms with Gasteiger partial charge in [0.1, 0.15) is 6.61 Å². The van der Waals surface area contributed by atoms with Crippen molar-refractivity contribution in [2.45, 2.75) is 26.1 Å². The lowest BCUT2D eigenvalue weighted by molar-refractivity contribution is 0.103. The van der Waals surface area contributed by atoms with Crippen molar-refractivity contribution in [1.29, 1.82) is 0 Å². The molecule has 2 aromatic rings. The first kappa shape index (κ1) is 16.0. The van der Waals surface area contributed by atoms with Crippen molar-refractivity contribution in [3.8, 4) is 0 Å².